The lowest BCUT2D eigenvalue weighted by Gasteiger charge is -2.71. The second-order valence-electron chi connectivity index (χ2n) is 14.8. The summed E-state index contributed by atoms with van der Waals surface area (Å²) in [7, 11) is 1.43. The number of fused-ring (bicyclic) bond motifs is 7. The van der Waals surface area contributed by atoms with Gasteiger partial charge < -0.3 is 20.1 Å². The molecule has 0 aromatic rings. The zero-order valence-corrected chi connectivity index (χ0v) is 23.7. The summed E-state index contributed by atoms with van der Waals surface area (Å²) in [5.74, 6) is -0.449. The SMILES string of the molecule is COC(=O)[C@@]1(C)CC[C@@]2(C(=O)O)CC[C@]3(C)C(=CC[C@@H]4[C@@]5(C)CC[C@H](O)[C@@](C)(CO)[C@H]5CC[C@]43C)[C@@H]2C1. The van der Waals surface area contributed by atoms with Gasteiger partial charge in [0.15, 0.2) is 0 Å². The smallest absolute Gasteiger partial charge is 0.311 e. The number of aliphatic hydroxyl groups excluding tert-OH is 2. The van der Waals surface area contributed by atoms with Gasteiger partial charge in [0.2, 0.25) is 0 Å². The van der Waals surface area contributed by atoms with Crippen molar-refractivity contribution in [3.05, 3.63) is 11.6 Å². The van der Waals surface area contributed by atoms with E-state index < -0.39 is 28.3 Å². The number of carbonyl (C=O) groups excluding carboxylic acids is 1. The predicted molar refractivity (Wildman–Crippen MR) is 140 cm³/mol. The van der Waals surface area contributed by atoms with Crippen molar-refractivity contribution in [3.63, 3.8) is 0 Å². The van der Waals surface area contributed by atoms with E-state index in [4.69, 9.17) is 4.74 Å². The number of ether oxygens (including phenoxy) is 1. The minimum atomic E-state index is -0.812. The largest absolute Gasteiger partial charge is 0.481 e. The van der Waals surface area contributed by atoms with Crippen molar-refractivity contribution >= 4 is 11.9 Å². The number of carboxylic acids is 1. The highest BCUT2D eigenvalue weighted by molar-refractivity contribution is 5.80. The van der Waals surface area contributed by atoms with Gasteiger partial charge in [-0.3, -0.25) is 9.59 Å². The molecule has 5 aliphatic carbocycles. The van der Waals surface area contributed by atoms with Gasteiger partial charge in [-0.25, -0.2) is 0 Å². The number of hydrogen-bond donors (Lipinski definition) is 3. The van der Waals surface area contributed by atoms with Crippen molar-refractivity contribution in [2.75, 3.05) is 13.7 Å². The Balaban J connectivity index is 1.59. The molecule has 0 bridgehead atoms. The zero-order chi connectivity index (χ0) is 27.2. The van der Waals surface area contributed by atoms with E-state index in [1.165, 1.54) is 12.7 Å². The van der Waals surface area contributed by atoms with Gasteiger partial charge in [-0.05, 0) is 105 Å². The summed E-state index contributed by atoms with van der Waals surface area (Å²) in [4.78, 5) is 25.7. The van der Waals surface area contributed by atoms with Crippen molar-refractivity contribution in [1.82, 2.24) is 0 Å². The molecule has 5 aliphatic rings. The van der Waals surface area contributed by atoms with Crippen LogP contribution >= 0.6 is 0 Å². The minimum absolute atomic E-state index is 0.00315. The van der Waals surface area contributed by atoms with Crippen LogP contribution in [0.15, 0.2) is 11.6 Å². The molecule has 0 spiro atoms. The molecule has 0 aliphatic heterocycles. The number of allylic oxidation sites excluding steroid dienone is 2. The van der Waals surface area contributed by atoms with Gasteiger partial charge in [-0.15, -0.1) is 0 Å². The number of rotatable bonds is 3. The molecule has 3 N–H and O–H groups in total. The van der Waals surface area contributed by atoms with Gasteiger partial charge in [0, 0.05) is 5.41 Å². The van der Waals surface area contributed by atoms with Gasteiger partial charge in [0.05, 0.1) is 30.7 Å². The number of carboxylic acid groups (broad SMARTS) is 1. The average Bonchev–Trinajstić information content (AvgIpc) is 2.86. The number of aliphatic hydroxyl groups is 2. The van der Waals surface area contributed by atoms with Crippen LogP contribution in [0.4, 0.5) is 0 Å². The Bertz CT molecular complexity index is 1020. The van der Waals surface area contributed by atoms with Crippen LogP contribution < -0.4 is 0 Å². The van der Waals surface area contributed by atoms with Crippen LogP contribution in [-0.4, -0.2) is 47.1 Å². The molecule has 0 amide bonds. The molecule has 208 valence electrons. The normalized spacial score (nSPS) is 53.0. The Morgan fingerprint density at radius 3 is 2.27 bits per heavy atom. The first kappa shape index (κ1) is 27.2. The Kier molecular flexibility index (Phi) is 6.10. The molecule has 0 radical (unpaired) electrons. The molecule has 4 saturated carbocycles. The summed E-state index contributed by atoms with van der Waals surface area (Å²) in [5, 5.41) is 31.9. The van der Waals surface area contributed by atoms with Crippen LogP contribution in [0.25, 0.3) is 0 Å². The van der Waals surface area contributed by atoms with E-state index in [2.05, 4.69) is 33.8 Å². The van der Waals surface area contributed by atoms with Crippen LogP contribution in [0.3, 0.4) is 0 Å². The van der Waals surface area contributed by atoms with E-state index in [9.17, 15) is 24.9 Å². The van der Waals surface area contributed by atoms with E-state index >= 15 is 0 Å². The van der Waals surface area contributed by atoms with Crippen molar-refractivity contribution in [1.29, 1.82) is 0 Å². The fourth-order valence-corrected chi connectivity index (χ4v) is 10.9. The fourth-order valence-electron chi connectivity index (χ4n) is 10.9. The lowest BCUT2D eigenvalue weighted by molar-refractivity contribution is -0.217. The van der Waals surface area contributed by atoms with Crippen LogP contribution in [0.2, 0.25) is 0 Å². The van der Waals surface area contributed by atoms with Crippen LogP contribution in [0, 0.1) is 50.2 Å². The minimum Gasteiger partial charge on any atom is -0.481 e. The highest BCUT2D eigenvalue weighted by Crippen LogP contribution is 2.75. The summed E-state index contributed by atoms with van der Waals surface area (Å²) in [5.41, 5.74) is -0.843. The van der Waals surface area contributed by atoms with E-state index in [0.717, 1.165) is 32.1 Å². The summed E-state index contributed by atoms with van der Waals surface area (Å²) in [6, 6.07) is 0. The predicted octanol–water partition coefficient (Wildman–Crippen LogP) is 5.36. The molecule has 0 saturated heterocycles. The molecular formula is C31H48O6. The molecular weight excluding hydrogens is 468 g/mol. The van der Waals surface area contributed by atoms with Gasteiger partial charge in [-0.1, -0.05) is 39.3 Å². The van der Waals surface area contributed by atoms with Gasteiger partial charge in [-0.2, -0.15) is 0 Å². The Morgan fingerprint density at radius 1 is 0.973 bits per heavy atom. The van der Waals surface area contributed by atoms with Gasteiger partial charge in [0.1, 0.15) is 0 Å². The number of carbonyl (C=O) groups is 2. The van der Waals surface area contributed by atoms with Crippen LogP contribution in [-0.2, 0) is 14.3 Å². The highest BCUT2D eigenvalue weighted by atomic mass is 16.5. The molecule has 0 aromatic carbocycles. The lowest BCUT2D eigenvalue weighted by Crippen LogP contribution is -2.66. The molecule has 0 unspecified atom stereocenters. The first-order valence-corrected chi connectivity index (χ1v) is 14.5. The molecule has 5 rings (SSSR count). The Labute approximate surface area is 222 Å². The number of esters is 1. The van der Waals surface area contributed by atoms with E-state index in [0.29, 0.717) is 38.0 Å². The van der Waals surface area contributed by atoms with Gasteiger partial charge >= 0.3 is 11.9 Å². The molecule has 0 heterocycles. The first-order valence-electron chi connectivity index (χ1n) is 14.5. The van der Waals surface area contributed by atoms with E-state index in [1.807, 2.05) is 6.92 Å². The first-order chi connectivity index (χ1) is 17.2. The summed E-state index contributed by atoms with van der Waals surface area (Å²) < 4.78 is 5.20. The third-order valence-electron chi connectivity index (χ3n) is 13.6. The fraction of sp³-hybridized carbons (Fsp3) is 0.871. The summed E-state index contributed by atoms with van der Waals surface area (Å²) in [6.45, 7) is 11.3. The Hall–Kier alpha value is -1.40. The second-order valence-corrected chi connectivity index (χ2v) is 14.8. The van der Waals surface area contributed by atoms with Crippen molar-refractivity contribution in [3.8, 4) is 0 Å². The summed E-state index contributed by atoms with van der Waals surface area (Å²) in [6.07, 6.45) is 9.54. The third kappa shape index (κ3) is 3.24. The Morgan fingerprint density at radius 2 is 1.65 bits per heavy atom. The maximum Gasteiger partial charge on any atom is 0.311 e. The summed E-state index contributed by atoms with van der Waals surface area (Å²) >= 11 is 0. The maximum absolute atomic E-state index is 12.9. The third-order valence-corrected chi connectivity index (χ3v) is 13.6. The van der Waals surface area contributed by atoms with Crippen molar-refractivity contribution < 1.29 is 29.6 Å². The van der Waals surface area contributed by atoms with Gasteiger partial charge in [0.25, 0.3) is 0 Å². The molecule has 6 nitrogen and oxygen atoms in total. The average molecular weight is 517 g/mol. The number of methoxy groups -OCH3 is 1. The lowest BCUT2D eigenvalue weighted by atomic mass is 9.33. The molecule has 10 atom stereocenters. The quantitative estimate of drug-likeness (QED) is 0.345. The monoisotopic (exact) mass is 516 g/mol. The maximum atomic E-state index is 12.9. The second kappa shape index (κ2) is 8.30. The number of aliphatic carboxylic acids is 1. The van der Waals surface area contributed by atoms with Crippen LogP contribution in [0.1, 0.15) is 98.8 Å². The number of hydrogen-bond acceptors (Lipinski definition) is 5. The molecule has 0 aromatic heterocycles. The highest BCUT2D eigenvalue weighted by Gasteiger charge is 2.70. The van der Waals surface area contributed by atoms with Crippen molar-refractivity contribution in [2.24, 2.45) is 50.2 Å². The van der Waals surface area contributed by atoms with Crippen LogP contribution in [0.5, 0.6) is 0 Å². The van der Waals surface area contributed by atoms with E-state index in [-0.39, 0.29) is 40.7 Å². The molecule has 6 heteroatoms. The van der Waals surface area contributed by atoms with Crippen molar-refractivity contribution in [2.45, 2.75) is 105 Å². The molecule has 37 heavy (non-hydrogen) atoms. The molecule has 4 fully saturated rings. The zero-order valence-electron chi connectivity index (χ0n) is 23.7. The topological polar surface area (TPSA) is 104 Å². The standard InChI is InChI=1S/C31H48O6/c1-26(25(36)37-6)13-15-31(24(34)35)16-14-29(4)19(20(31)17-26)7-8-22-27(2)11-10-23(33)28(3,18-32)21(27)9-12-30(22,29)5/h7,20-23,32-33H,8-18H2,1-6H3,(H,34,35)/t20-,21-,22+,23-,26-,27-,28-,29+,30+,31+/m0/s1. The van der Waals surface area contributed by atoms with E-state index in [1.54, 1.807) is 0 Å².